The number of aromatic nitrogens is 3. The molecule has 0 bridgehead atoms. The summed E-state index contributed by atoms with van der Waals surface area (Å²) in [6.45, 7) is 4.71. The Hall–Kier alpha value is -7.87. The fraction of sp³-hybridized carbons (Fsp3) is 0.0702. The minimum Gasteiger partial charge on any atom is -0.373 e. The van der Waals surface area contributed by atoms with E-state index in [4.69, 9.17) is 24.9 Å². The van der Waals surface area contributed by atoms with Crippen LogP contribution in [0.15, 0.2) is 204 Å². The van der Waals surface area contributed by atoms with E-state index in [-0.39, 0.29) is 0 Å². The maximum atomic E-state index is 5.13. The van der Waals surface area contributed by atoms with Crippen LogP contribution < -0.4 is 5.32 Å². The van der Waals surface area contributed by atoms with Crippen molar-refractivity contribution in [2.45, 2.75) is 20.4 Å². The second-order valence-electron chi connectivity index (χ2n) is 15.9. The number of rotatable bonds is 9. The molecule has 0 amide bonds. The number of nitrogens with one attached hydrogen (secondary N) is 1. The molecule has 0 saturated heterocycles. The van der Waals surface area contributed by atoms with Gasteiger partial charge < -0.3 is 5.32 Å². The lowest BCUT2D eigenvalue weighted by atomic mass is 9.98. The lowest BCUT2D eigenvalue weighted by Gasteiger charge is -2.10. The van der Waals surface area contributed by atoms with Gasteiger partial charge in [-0.15, -0.1) is 11.3 Å². The number of amidine groups is 2. The van der Waals surface area contributed by atoms with Crippen molar-refractivity contribution >= 4 is 43.2 Å². The van der Waals surface area contributed by atoms with Crippen molar-refractivity contribution in [1.82, 2.24) is 20.3 Å². The van der Waals surface area contributed by atoms with Gasteiger partial charge in [0.2, 0.25) is 0 Å². The number of nitrogens with zero attached hydrogens (tertiary/aromatic N) is 5. The maximum Gasteiger partial charge on any atom is 0.164 e. The molecule has 6 nitrogen and oxygen atoms in total. The lowest BCUT2D eigenvalue weighted by Crippen LogP contribution is -2.21. The molecule has 2 aromatic heterocycles. The number of hydrogen-bond donors (Lipinski definition) is 1. The topological polar surface area (TPSA) is 75.4 Å². The van der Waals surface area contributed by atoms with Crippen molar-refractivity contribution in [1.29, 1.82) is 0 Å². The standard InChI is InChI=1S/C57H44N6S/c1-37-20-24-39(25-21-37)36-59-54(60-53(58-3)40-12-6-4-7-13-40)47-18-10-16-43(32-47)45-28-30-51-49(34-45)50-35-46(29-31-52(50)64-51)44-17-11-19-48(33-44)57-62-55(41-14-8-5-9-15-41)61-56(63-57)42-26-22-38(2)23-27-42/h4-35H,36H2,1-3H3,(H,58,59,60). The number of fused-ring (bicyclic) bond motifs is 3. The Morgan fingerprint density at radius 2 is 0.922 bits per heavy atom. The van der Waals surface area contributed by atoms with Gasteiger partial charge in [0.15, 0.2) is 23.3 Å². The summed E-state index contributed by atoms with van der Waals surface area (Å²) in [5, 5.41) is 5.76. The molecule has 2 heterocycles. The Morgan fingerprint density at radius 3 is 1.55 bits per heavy atom. The lowest BCUT2D eigenvalue weighted by molar-refractivity contribution is 1.06. The molecule has 7 heteroatoms. The molecule has 308 valence electrons. The van der Waals surface area contributed by atoms with Gasteiger partial charge in [0.25, 0.3) is 0 Å². The second-order valence-corrected chi connectivity index (χ2v) is 17.0. The van der Waals surface area contributed by atoms with Gasteiger partial charge in [-0.05, 0) is 78.1 Å². The van der Waals surface area contributed by atoms with Crippen molar-refractivity contribution in [3.05, 3.63) is 222 Å². The van der Waals surface area contributed by atoms with Crippen molar-refractivity contribution in [2.75, 3.05) is 7.05 Å². The van der Waals surface area contributed by atoms with E-state index in [0.29, 0.717) is 29.9 Å². The highest BCUT2D eigenvalue weighted by molar-refractivity contribution is 7.25. The van der Waals surface area contributed by atoms with E-state index in [2.05, 4.69) is 165 Å². The first-order valence-electron chi connectivity index (χ1n) is 21.4. The minimum atomic E-state index is 0.520. The van der Waals surface area contributed by atoms with Crippen LogP contribution in [0, 0.1) is 13.8 Å². The van der Waals surface area contributed by atoms with Crippen LogP contribution in [0.2, 0.25) is 0 Å². The zero-order valence-corrected chi connectivity index (χ0v) is 36.6. The summed E-state index contributed by atoms with van der Waals surface area (Å²) in [4.78, 5) is 25.2. The quantitative estimate of drug-likeness (QED) is 0.116. The Labute approximate surface area is 377 Å². The SMILES string of the molecule is CN/C(=N\C(=N/Cc1ccc(C)cc1)c1cccc(-c2ccc3sc4ccc(-c5cccc(-c6nc(-c7ccccc7)nc(-c7ccc(C)cc7)n6)c5)cc4c3c2)c1)c1ccccc1. The summed E-state index contributed by atoms with van der Waals surface area (Å²) in [6, 6.07) is 67.8. The van der Waals surface area contributed by atoms with E-state index in [9.17, 15) is 0 Å². The monoisotopic (exact) mass is 844 g/mol. The summed E-state index contributed by atoms with van der Waals surface area (Å²) in [5.74, 6) is 3.36. The number of thiophene rings is 1. The maximum absolute atomic E-state index is 5.13. The number of aliphatic imine (C=N–C) groups is 2. The van der Waals surface area contributed by atoms with Crippen LogP contribution >= 0.6 is 11.3 Å². The molecule has 0 aliphatic carbocycles. The van der Waals surface area contributed by atoms with Crippen LogP contribution in [-0.2, 0) is 6.54 Å². The van der Waals surface area contributed by atoms with Gasteiger partial charge in [-0.25, -0.2) is 19.9 Å². The highest BCUT2D eigenvalue weighted by Gasteiger charge is 2.15. The first kappa shape index (κ1) is 40.2. The van der Waals surface area contributed by atoms with Crippen molar-refractivity contribution in [2.24, 2.45) is 9.98 Å². The molecule has 0 unspecified atom stereocenters. The molecule has 0 atom stereocenters. The summed E-state index contributed by atoms with van der Waals surface area (Å²) in [7, 11) is 1.90. The van der Waals surface area contributed by atoms with E-state index in [1.807, 2.05) is 66.9 Å². The van der Waals surface area contributed by atoms with Crippen molar-refractivity contribution < 1.29 is 0 Å². The van der Waals surface area contributed by atoms with Gasteiger partial charge in [0.1, 0.15) is 5.84 Å². The number of benzene rings is 8. The van der Waals surface area contributed by atoms with E-state index >= 15 is 0 Å². The number of hydrogen-bond acceptors (Lipinski definition) is 5. The van der Waals surface area contributed by atoms with Crippen LogP contribution in [-0.4, -0.2) is 33.7 Å². The molecular weight excluding hydrogens is 801 g/mol. The third-order valence-corrected chi connectivity index (χ3v) is 12.5. The zero-order chi connectivity index (χ0) is 43.4. The van der Waals surface area contributed by atoms with Crippen molar-refractivity contribution in [3.8, 4) is 56.4 Å². The Kier molecular flexibility index (Phi) is 11.2. The summed E-state index contributed by atoms with van der Waals surface area (Å²) < 4.78 is 2.49. The predicted molar refractivity (Wildman–Crippen MR) is 268 cm³/mol. The molecule has 0 aliphatic heterocycles. The van der Waals surface area contributed by atoms with Gasteiger partial charge in [0.05, 0.1) is 6.54 Å². The van der Waals surface area contributed by atoms with Crippen LogP contribution in [0.5, 0.6) is 0 Å². The third kappa shape index (κ3) is 8.62. The molecule has 0 saturated carbocycles. The average molecular weight is 845 g/mol. The van der Waals surface area contributed by atoms with E-state index in [0.717, 1.165) is 61.5 Å². The van der Waals surface area contributed by atoms with Gasteiger partial charge in [-0.3, -0.25) is 4.99 Å². The molecule has 0 spiro atoms. The number of aryl methyl sites for hydroxylation is 2. The fourth-order valence-electron chi connectivity index (χ4n) is 7.88. The molecule has 0 aliphatic rings. The van der Waals surface area contributed by atoms with Gasteiger partial charge in [0, 0.05) is 55.0 Å². The second kappa shape index (κ2) is 17.8. The molecular formula is C57H44N6S. The van der Waals surface area contributed by atoms with Crippen LogP contribution in [0.1, 0.15) is 27.8 Å². The third-order valence-electron chi connectivity index (χ3n) is 11.4. The first-order chi connectivity index (χ1) is 31.4. The molecule has 10 aromatic rings. The Bertz CT molecular complexity index is 3340. The van der Waals surface area contributed by atoms with Crippen molar-refractivity contribution in [3.63, 3.8) is 0 Å². The molecule has 10 rings (SSSR count). The van der Waals surface area contributed by atoms with E-state index < -0.39 is 0 Å². The average Bonchev–Trinajstić information content (AvgIpc) is 3.72. The summed E-state index contributed by atoms with van der Waals surface area (Å²) in [6.07, 6.45) is 0. The first-order valence-corrected chi connectivity index (χ1v) is 22.2. The zero-order valence-electron chi connectivity index (χ0n) is 35.8. The van der Waals surface area contributed by atoms with Gasteiger partial charge in [-0.1, -0.05) is 169 Å². The Balaban J connectivity index is 1.01. The van der Waals surface area contributed by atoms with Crippen LogP contribution in [0.4, 0.5) is 0 Å². The van der Waals surface area contributed by atoms with E-state index in [1.165, 1.54) is 31.3 Å². The van der Waals surface area contributed by atoms with E-state index in [1.54, 1.807) is 0 Å². The Morgan fingerprint density at radius 1 is 0.453 bits per heavy atom. The van der Waals surface area contributed by atoms with Crippen LogP contribution in [0.25, 0.3) is 76.6 Å². The summed E-state index contributed by atoms with van der Waals surface area (Å²) >= 11 is 1.82. The smallest absolute Gasteiger partial charge is 0.164 e. The molecule has 8 aromatic carbocycles. The molecule has 64 heavy (non-hydrogen) atoms. The van der Waals surface area contributed by atoms with Gasteiger partial charge in [-0.2, -0.15) is 0 Å². The fourth-order valence-corrected chi connectivity index (χ4v) is 8.95. The molecule has 1 N–H and O–H groups in total. The minimum absolute atomic E-state index is 0.520. The van der Waals surface area contributed by atoms with Crippen LogP contribution in [0.3, 0.4) is 0 Å². The predicted octanol–water partition coefficient (Wildman–Crippen LogP) is 13.8. The normalized spacial score (nSPS) is 11.9. The van der Waals surface area contributed by atoms with Gasteiger partial charge >= 0.3 is 0 Å². The largest absolute Gasteiger partial charge is 0.373 e. The highest BCUT2D eigenvalue weighted by atomic mass is 32.1. The summed E-state index contributed by atoms with van der Waals surface area (Å²) in [5.41, 5.74) is 12.8. The highest BCUT2D eigenvalue weighted by Crippen LogP contribution is 2.39. The molecule has 0 radical (unpaired) electrons. The molecule has 0 fully saturated rings.